The van der Waals surface area contributed by atoms with Gasteiger partial charge in [0.05, 0.1) is 16.1 Å². The van der Waals surface area contributed by atoms with Crippen LogP contribution in [0.2, 0.25) is 0 Å². The second-order valence-electron chi connectivity index (χ2n) is 7.26. The number of rotatable bonds is 2. The van der Waals surface area contributed by atoms with Gasteiger partial charge in [-0.05, 0) is 49.1 Å². The third-order valence-corrected chi connectivity index (χ3v) is 6.61. The molecule has 0 aliphatic carbocycles. The number of piperidine rings is 1. The fourth-order valence-electron chi connectivity index (χ4n) is 4.16. The van der Waals surface area contributed by atoms with Crippen LogP contribution in [-0.2, 0) is 11.2 Å². The van der Waals surface area contributed by atoms with Gasteiger partial charge in [-0.2, -0.15) is 0 Å². The maximum Gasteiger partial charge on any atom is 0.231 e. The standard InChI is InChI=1S/C21H20FN3OS/c22-16-7-8-17-19(12-16)27-21(23-17)24-10-3-5-15(13-24)20(26)25-11-9-14-4-1-2-6-18(14)25/h1-2,4,6-8,12,15H,3,5,9-11,13H2. The number of fused-ring (bicyclic) bond motifs is 2. The molecule has 6 heteroatoms. The van der Waals surface area contributed by atoms with Gasteiger partial charge < -0.3 is 9.80 Å². The van der Waals surface area contributed by atoms with E-state index in [2.05, 4.69) is 16.0 Å². The van der Waals surface area contributed by atoms with E-state index in [4.69, 9.17) is 0 Å². The van der Waals surface area contributed by atoms with Crippen molar-refractivity contribution in [3.8, 4) is 0 Å². The maximum atomic E-state index is 13.5. The van der Waals surface area contributed by atoms with Crippen molar-refractivity contribution in [2.75, 3.05) is 29.4 Å². The number of aromatic nitrogens is 1. The van der Waals surface area contributed by atoms with Crippen molar-refractivity contribution in [3.05, 3.63) is 53.8 Å². The molecule has 1 aromatic heterocycles. The van der Waals surface area contributed by atoms with E-state index in [0.29, 0.717) is 6.54 Å². The molecule has 1 amide bonds. The Balaban J connectivity index is 1.37. The zero-order valence-corrected chi connectivity index (χ0v) is 15.7. The Labute approximate surface area is 161 Å². The largest absolute Gasteiger partial charge is 0.347 e. The number of thiazole rings is 1. The van der Waals surface area contributed by atoms with Gasteiger partial charge in [-0.15, -0.1) is 0 Å². The van der Waals surface area contributed by atoms with Crippen LogP contribution in [0.15, 0.2) is 42.5 Å². The van der Waals surface area contributed by atoms with Crippen molar-refractivity contribution >= 4 is 38.3 Å². The number of carbonyl (C=O) groups excluding carboxylic acids is 1. The summed E-state index contributed by atoms with van der Waals surface area (Å²) in [5.74, 6) is -0.0393. The maximum absolute atomic E-state index is 13.5. The third kappa shape index (κ3) is 2.98. The number of para-hydroxylation sites is 1. The summed E-state index contributed by atoms with van der Waals surface area (Å²) in [5.41, 5.74) is 3.14. The van der Waals surface area contributed by atoms with Gasteiger partial charge in [0.1, 0.15) is 5.82 Å². The fourth-order valence-corrected chi connectivity index (χ4v) is 5.19. The number of hydrogen-bond acceptors (Lipinski definition) is 4. The molecule has 0 spiro atoms. The van der Waals surface area contributed by atoms with Crippen molar-refractivity contribution in [3.63, 3.8) is 0 Å². The Morgan fingerprint density at radius 1 is 1.19 bits per heavy atom. The minimum Gasteiger partial charge on any atom is -0.347 e. The summed E-state index contributed by atoms with van der Waals surface area (Å²) in [4.78, 5) is 22.0. The highest BCUT2D eigenvalue weighted by Gasteiger charge is 2.33. The Bertz CT molecular complexity index is 1020. The number of nitrogens with zero attached hydrogens (tertiary/aromatic N) is 3. The molecule has 0 bridgehead atoms. The Kier molecular flexibility index (Phi) is 4.08. The summed E-state index contributed by atoms with van der Waals surface area (Å²) in [6.07, 6.45) is 2.81. The number of amides is 1. The summed E-state index contributed by atoms with van der Waals surface area (Å²) in [6, 6.07) is 12.9. The molecule has 1 atom stereocenters. The van der Waals surface area contributed by atoms with Crippen molar-refractivity contribution in [2.24, 2.45) is 5.92 Å². The molecule has 0 N–H and O–H groups in total. The Morgan fingerprint density at radius 3 is 3.00 bits per heavy atom. The van der Waals surface area contributed by atoms with Crippen LogP contribution in [0, 0.1) is 11.7 Å². The first-order chi connectivity index (χ1) is 13.2. The van der Waals surface area contributed by atoms with Gasteiger partial charge in [0.2, 0.25) is 5.91 Å². The molecule has 0 radical (unpaired) electrons. The van der Waals surface area contributed by atoms with Crippen molar-refractivity contribution in [2.45, 2.75) is 19.3 Å². The number of carbonyl (C=O) groups is 1. The predicted octanol–water partition coefficient (Wildman–Crippen LogP) is 4.24. The molecular formula is C21H20FN3OS. The molecular weight excluding hydrogens is 361 g/mol. The van der Waals surface area contributed by atoms with E-state index >= 15 is 0 Å². The Morgan fingerprint density at radius 2 is 2.07 bits per heavy atom. The molecule has 1 saturated heterocycles. The average molecular weight is 381 g/mol. The van der Waals surface area contributed by atoms with E-state index in [1.807, 2.05) is 23.1 Å². The molecule has 0 saturated carbocycles. The van der Waals surface area contributed by atoms with Crippen LogP contribution in [0.25, 0.3) is 10.2 Å². The van der Waals surface area contributed by atoms with E-state index in [9.17, 15) is 9.18 Å². The first kappa shape index (κ1) is 16.7. The third-order valence-electron chi connectivity index (χ3n) is 5.53. The monoisotopic (exact) mass is 381 g/mol. The van der Waals surface area contributed by atoms with Crippen LogP contribution in [0.3, 0.4) is 0 Å². The first-order valence-corrected chi connectivity index (χ1v) is 10.2. The molecule has 2 aliphatic rings. The lowest BCUT2D eigenvalue weighted by atomic mass is 9.97. The zero-order chi connectivity index (χ0) is 18.4. The number of anilines is 2. The lowest BCUT2D eigenvalue weighted by molar-refractivity contribution is -0.122. The van der Waals surface area contributed by atoms with Crippen LogP contribution >= 0.6 is 11.3 Å². The first-order valence-electron chi connectivity index (χ1n) is 9.39. The number of benzene rings is 2. The molecule has 1 fully saturated rings. The van der Waals surface area contributed by atoms with Gasteiger partial charge in [-0.3, -0.25) is 4.79 Å². The number of hydrogen-bond donors (Lipinski definition) is 0. The van der Waals surface area contributed by atoms with Gasteiger partial charge in [-0.25, -0.2) is 9.37 Å². The van der Waals surface area contributed by atoms with Crippen LogP contribution in [-0.4, -0.2) is 30.5 Å². The van der Waals surface area contributed by atoms with Gasteiger partial charge >= 0.3 is 0 Å². The second kappa shape index (κ2) is 6.60. The topological polar surface area (TPSA) is 36.4 Å². The minimum atomic E-state index is -0.239. The highest BCUT2D eigenvalue weighted by Crippen LogP contribution is 2.34. The van der Waals surface area contributed by atoms with Crippen LogP contribution in [0.5, 0.6) is 0 Å². The molecule has 5 rings (SSSR count). The molecule has 2 aliphatic heterocycles. The average Bonchev–Trinajstić information content (AvgIpc) is 3.31. The molecule has 4 nitrogen and oxygen atoms in total. The summed E-state index contributed by atoms with van der Waals surface area (Å²) >= 11 is 1.50. The highest BCUT2D eigenvalue weighted by atomic mass is 32.1. The molecule has 27 heavy (non-hydrogen) atoms. The summed E-state index contributed by atoms with van der Waals surface area (Å²) in [7, 11) is 0. The van der Waals surface area contributed by atoms with Crippen LogP contribution in [0.1, 0.15) is 18.4 Å². The highest BCUT2D eigenvalue weighted by molar-refractivity contribution is 7.22. The Hall–Kier alpha value is -2.47. The smallest absolute Gasteiger partial charge is 0.231 e. The van der Waals surface area contributed by atoms with Crippen molar-refractivity contribution in [1.29, 1.82) is 0 Å². The van der Waals surface area contributed by atoms with Gasteiger partial charge in [0.15, 0.2) is 5.13 Å². The van der Waals surface area contributed by atoms with Gasteiger partial charge in [0.25, 0.3) is 0 Å². The second-order valence-corrected chi connectivity index (χ2v) is 8.27. The van der Waals surface area contributed by atoms with Crippen molar-refractivity contribution < 1.29 is 9.18 Å². The molecule has 138 valence electrons. The zero-order valence-electron chi connectivity index (χ0n) is 14.9. The summed E-state index contributed by atoms with van der Waals surface area (Å²) < 4.78 is 14.3. The SMILES string of the molecule is O=C(C1CCCN(c2nc3ccc(F)cc3s2)C1)N1CCc2ccccc21. The van der Waals surface area contributed by atoms with E-state index in [0.717, 1.165) is 53.4 Å². The van der Waals surface area contributed by atoms with Crippen LogP contribution in [0.4, 0.5) is 15.2 Å². The van der Waals surface area contributed by atoms with Crippen molar-refractivity contribution in [1.82, 2.24) is 4.98 Å². The number of halogens is 1. The normalized spacial score (nSPS) is 19.5. The van der Waals surface area contributed by atoms with Gasteiger partial charge in [0, 0.05) is 25.3 Å². The van der Waals surface area contributed by atoms with Crippen LogP contribution < -0.4 is 9.80 Å². The quantitative estimate of drug-likeness (QED) is 0.666. The van der Waals surface area contributed by atoms with E-state index < -0.39 is 0 Å². The predicted molar refractivity (Wildman–Crippen MR) is 107 cm³/mol. The summed E-state index contributed by atoms with van der Waals surface area (Å²) in [6.45, 7) is 2.34. The summed E-state index contributed by atoms with van der Waals surface area (Å²) in [5, 5.41) is 0.884. The minimum absolute atomic E-state index is 0.0198. The van der Waals surface area contributed by atoms with E-state index in [-0.39, 0.29) is 17.6 Å². The molecule has 3 aromatic rings. The fraction of sp³-hybridized carbons (Fsp3) is 0.333. The molecule has 2 aromatic carbocycles. The molecule has 3 heterocycles. The lowest BCUT2D eigenvalue weighted by Gasteiger charge is -2.33. The van der Waals surface area contributed by atoms with Gasteiger partial charge in [-0.1, -0.05) is 29.5 Å². The van der Waals surface area contributed by atoms with E-state index in [1.54, 1.807) is 6.07 Å². The van der Waals surface area contributed by atoms with E-state index in [1.165, 1.54) is 29.0 Å². The molecule has 1 unspecified atom stereocenters. The lowest BCUT2D eigenvalue weighted by Crippen LogP contribution is -2.44.